The molecule has 0 spiro atoms. The van der Waals surface area contributed by atoms with Crippen molar-refractivity contribution in [3.63, 3.8) is 0 Å². The third kappa shape index (κ3) is 4.58. The van der Waals surface area contributed by atoms with Crippen LogP contribution in [0.1, 0.15) is 48.9 Å². The lowest BCUT2D eigenvalue weighted by molar-refractivity contribution is -0.112. The van der Waals surface area contributed by atoms with E-state index in [-0.39, 0.29) is 11.5 Å². The van der Waals surface area contributed by atoms with Crippen LogP contribution in [0.4, 0.5) is 5.69 Å². The molecule has 1 amide bonds. The van der Waals surface area contributed by atoms with E-state index in [9.17, 15) is 10.1 Å². The monoisotopic (exact) mass is 332 g/mol. The first kappa shape index (κ1) is 18.5. The maximum Gasteiger partial charge on any atom is 0.266 e. The van der Waals surface area contributed by atoms with Gasteiger partial charge in [0.2, 0.25) is 0 Å². The van der Waals surface area contributed by atoms with Crippen molar-refractivity contribution >= 4 is 17.7 Å². The molecule has 3 heteroatoms. The zero-order valence-electron chi connectivity index (χ0n) is 15.3. The molecule has 0 aliphatic rings. The van der Waals surface area contributed by atoms with E-state index in [1.165, 1.54) is 5.56 Å². The Bertz CT molecular complexity index is 824. The lowest BCUT2D eigenvalue weighted by atomic mass is 10.0. The van der Waals surface area contributed by atoms with Gasteiger partial charge in [-0.2, -0.15) is 5.26 Å². The number of carbonyl (C=O) groups excluding carboxylic acids is 1. The van der Waals surface area contributed by atoms with Crippen LogP contribution in [0.3, 0.4) is 0 Å². The summed E-state index contributed by atoms with van der Waals surface area (Å²) in [5, 5.41) is 12.3. The predicted octanol–water partition coefficient (Wildman–Crippen LogP) is 5.23. The lowest BCUT2D eigenvalue weighted by Gasteiger charge is -2.12. The highest BCUT2D eigenvalue weighted by molar-refractivity contribution is 6.10. The van der Waals surface area contributed by atoms with E-state index in [1.807, 2.05) is 62.4 Å². The van der Waals surface area contributed by atoms with Crippen LogP contribution in [0.5, 0.6) is 0 Å². The standard InChI is InChI=1S/C22H24N2O/c1-5-18-8-6-7-16(4)21(18)24-22(25)20(14-23)13-17-9-11-19(12-10-17)15(2)3/h6-13,15H,5H2,1-4H3,(H,24,25). The SMILES string of the molecule is CCc1cccc(C)c1NC(=O)C(C#N)=Cc1ccc(C(C)C)cc1. The van der Waals surface area contributed by atoms with Gasteiger partial charge in [-0.15, -0.1) is 0 Å². The van der Waals surface area contributed by atoms with Crippen LogP contribution >= 0.6 is 0 Å². The Balaban J connectivity index is 2.26. The van der Waals surface area contributed by atoms with Crippen molar-refractivity contribution in [3.8, 4) is 6.07 Å². The van der Waals surface area contributed by atoms with Crippen LogP contribution in [-0.2, 0) is 11.2 Å². The van der Waals surface area contributed by atoms with E-state index < -0.39 is 0 Å². The fourth-order valence-corrected chi connectivity index (χ4v) is 2.68. The van der Waals surface area contributed by atoms with Crippen molar-refractivity contribution in [2.75, 3.05) is 5.32 Å². The fraction of sp³-hybridized carbons (Fsp3) is 0.273. The smallest absolute Gasteiger partial charge is 0.266 e. The van der Waals surface area contributed by atoms with Crippen LogP contribution in [-0.4, -0.2) is 5.91 Å². The van der Waals surface area contributed by atoms with Gasteiger partial charge in [-0.25, -0.2) is 0 Å². The molecule has 0 heterocycles. The molecule has 2 aromatic carbocycles. The molecule has 0 aromatic heterocycles. The molecule has 2 aromatic rings. The number of para-hydroxylation sites is 1. The molecule has 0 unspecified atom stereocenters. The molecule has 0 radical (unpaired) electrons. The summed E-state index contributed by atoms with van der Waals surface area (Å²) in [6.45, 7) is 8.26. The molecule has 0 fully saturated rings. The van der Waals surface area contributed by atoms with Crippen LogP contribution in [0.25, 0.3) is 6.08 Å². The molecule has 0 bridgehead atoms. The van der Waals surface area contributed by atoms with Gasteiger partial charge in [-0.1, -0.05) is 63.2 Å². The maximum atomic E-state index is 12.5. The predicted molar refractivity (Wildman–Crippen MR) is 103 cm³/mol. The molecule has 128 valence electrons. The van der Waals surface area contributed by atoms with Gasteiger partial charge in [-0.05, 0) is 47.6 Å². The molecular weight excluding hydrogens is 308 g/mol. The summed E-state index contributed by atoms with van der Waals surface area (Å²) in [7, 11) is 0. The zero-order valence-corrected chi connectivity index (χ0v) is 15.3. The van der Waals surface area contributed by atoms with E-state index >= 15 is 0 Å². The summed E-state index contributed by atoms with van der Waals surface area (Å²) in [5.74, 6) is 0.0738. The van der Waals surface area contributed by atoms with Crippen LogP contribution < -0.4 is 5.32 Å². The van der Waals surface area contributed by atoms with E-state index in [1.54, 1.807) is 6.08 Å². The molecule has 0 aliphatic heterocycles. The van der Waals surface area contributed by atoms with Gasteiger partial charge < -0.3 is 5.32 Å². The minimum atomic E-state index is -0.376. The summed E-state index contributed by atoms with van der Waals surface area (Å²) in [5.41, 5.74) is 5.02. The maximum absolute atomic E-state index is 12.5. The average Bonchev–Trinajstić information content (AvgIpc) is 2.61. The second-order valence-electron chi connectivity index (χ2n) is 6.41. The van der Waals surface area contributed by atoms with Crippen molar-refractivity contribution in [2.24, 2.45) is 0 Å². The van der Waals surface area contributed by atoms with Crippen molar-refractivity contribution in [3.05, 3.63) is 70.3 Å². The molecular formula is C22H24N2O. The molecule has 0 aliphatic carbocycles. The van der Waals surface area contributed by atoms with Gasteiger partial charge >= 0.3 is 0 Å². The number of nitrogens with zero attached hydrogens (tertiary/aromatic N) is 1. The van der Waals surface area contributed by atoms with Crippen molar-refractivity contribution < 1.29 is 4.79 Å². The minimum absolute atomic E-state index is 0.0996. The highest BCUT2D eigenvalue weighted by Crippen LogP contribution is 2.22. The number of carbonyl (C=O) groups is 1. The number of benzene rings is 2. The highest BCUT2D eigenvalue weighted by Gasteiger charge is 2.13. The number of hydrogen-bond donors (Lipinski definition) is 1. The topological polar surface area (TPSA) is 52.9 Å². The second-order valence-corrected chi connectivity index (χ2v) is 6.41. The van der Waals surface area contributed by atoms with Gasteiger partial charge in [0.05, 0.1) is 0 Å². The van der Waals surface area contributed by atoms with E-state index in [2.05, 4.69) is 19.2 Å². The summed E-state index contributed by atoms with van der Waals surface area (Å²) >= 11 is 0. The first-order valence-electron chi connectivity index (χ1n) is 8.57. The molecule has 3 nitrogen and oxygen atoms in total. The van der Waals surface area contributed by atoms with Crippen LogP contribution in [0, 0.1) is 18.3 Å². The van der Waals surface area contributed by atoms with Crippen molar-refractivity contribution in [1.82, 2.24) is 0 Å². The average molecular weight is 332 g/mol. The molecule has 1 N–H and O–H groups in total. The number of anilines is 1. The Morgan fingerprint density at radius 2 is 1.88 bits per heavy atom. The summed E-state index contributed by atoms with van der Waals surface area (Å²) in [6.07, 6.45) is 2.45. The van der Waals surface area contributed by atoms with Crippen LogP contribution in [0.2, 0.25) is 0 Å². The van der Waals surface area contributed by atoms with Crippen molar-refractivity contribution in [2.45, 2.75) is 40.0 Å². The Morgan fingerprint density at radius 3 is 2.44 bits per heavy atom. The number of hydrogen-bond acceptors (Lipinski definition) is 2. The zero-order chi connectivity index (χ0) is 18.4. The fourth-order valence-electron chi connectivity index (χ4n) is 2.68. The van der Waals surface area contributed by atoms with Gasteiger partial charge in [0.25, 0.3) is 5.91 Å². The minimum Gasteiger partial charge on any atom is -0.321 e. The quantitative estimate of drug-likeness (QED) is 0.602. The number of rotatable bonds is 5. The van der Waals surface area contributed by atoms with Gasteiger partial charge in [-0.3, -0.25) is 4.79 Å². The summed E-state index contributed by atoms with van der Waals surface area (Å²) in [4.78, 5) is 12.5. The second kappa shape index (κ2) is 8.30. The first-order valence-corrected chi connectivity index (χ1v) is 8.57. The van der Waals surface area contributed by atoms with Gasteiger partial charge in [0.15, 0.2) is 0 Å². The van der Waals surface area contributed by atoms with Gasteiger partial charge in [0, 0.05) is 5.69 Å². The first-order chi connectivity index (χ1) is 12.0. The summed E-state index contributed by atoms with van der Waals surface area (Å²) < 4.78 is 0. The van der Waals surface area contributed by atoms with Crippen molar-refractivity contribution in [1.29, 1.82) is 5.26 Å². The number of amides is 1. The molecule has 2 rings (SSSR count). The van der Waals surface area contributed by atoms with Gasteiger partial charge in [0.1, 0.15) is 11.6 Å². The highest BCUT2D eigenvalue weighted by atomic mass is 16.1. The lowest BCUT2D eigenvalue weighted by Crippen LogP contribution is -2.15. The molecule has 0 saturated carbocycles. The van der Waals surface area contributed by atoms with E-state index in [0.29, 0.717) is 5.92 Å². The van der Waals surface area contributed by atoms with Crippen LogP contribution in [0.15, 0.2) is 48.0 Å². The Hall–Kier alpha value is -2.86. The molecule has 25 heavy (non-hydrogen) atoms. The third-order valence-electron chi connectivity index (χ3n) is 4.26. The summed E-state index contributed by atoms with van der Waals surface area (Å²) in [6, 6.07) is 15.9. The Labute approximate surface area is 150 Å². The number of nitriles is 1. The normalized spacial score (nSPS) is 11.3. The molecule has 0 saturated heterocycles. The van der Waals surface area contributed by atoms with E-state index in [0.717, 1.165) is 28.8 Å². The third-order valence-corrected chi connectivity index (χ3v) is 4.26. The Kier molecular flexibility index (Phi) is 6.14. The number of aryl methyl sites for hydroxylation is 2. The molecule has 0 atom stereocenters. The van der Waals surface area contributed by atoms with E-state index in [4.69, 9.17) is 0 Å². The largest absolute Gasteiger partial charge is 0.321 e. The number of nitrogens with one attached hydrogen (secondary N) is 1. The Morgan fingerprint density at radius 1 is 1.20 bits per heavy atom.